The van der Waals surface area contributed by atoms with Crippen LogP contribution in [0.25, 0.3) is 0 Å². The number of thioether (sulfide) groups is 3. The summed E-state index contributed by atoms with van der Waals surface area (Å²) in [6.45, 7) is 10.6. The predicted octanol–water partition coefficient (Wildman–Crippen LogP) is 8.43. The third-order valence-corrected chi connectivity index (χ3v) is 9.60. The number of rotatable bonds is 12. The molecule has 0 heterocycles. The molecule has 0 spiro atoms. The minimum atomic E-state index is 0.366. The van der Waals surface area contributed by atoms with Crippen molar-refractivity contribution in [1.82, 2.24) is 0 Å². The van der Waals surface area contributed by atoms with Crippen LogP contribution in [0.15, 0.2) is 24.3 Å². The van der Waals surface area contributed by atoms with Gasteiger partial charge in [0.25, 0.3) is 0 Å². The van der Waals surface area contributed by atoms with Crippen LogP contribution in [0.2, 0.25) is 0 Å². The fourth-order valence-electron chi connectivity index (χ4n) is 4.05. The Kier molecular flexibility index (Phi) is 12.9. The van der Waals surface area contributed by atoms with Crippen molar-refractivity contribution in [1.29, 1.82) is 0 Å². The first kappa shape index (κ1) is 29.9. The van der Waals surface area contributed by atoms with Crippen LogP contribution in [0.4, 0.5) is 0 Å². The Labute approximate surface area is 225 Å². The molecule has 1 aliphatic carbocycles. The molecule has 1 aliphatic rings. The van der Waals surface area contributed by atoms with Gasteiger partial charge in [0.15, 0.2) is 0 Å². The standard InChI is InChI=1S/C14H22O2S2.C14H20O2S/c1-6-17-14(18-7-2)13-11(15-4)8-10(3)9-12(13)16-5;1-4-17-14(10-5-6-10)13-11(15)7-9(2)8-12(13)16-3/h8-9,14H,6-7H2,1-5H3;7-8,10,14-15H,4-6H2,1-3H3. The number of ether oxygens (including phenoxy) is 3. The number of phenols is 1. The van der Waals surface area contributed by atoms with Gasteiger partial charge in [-0.05, 0) is 85.3 Å². The Bertz CT molecular complexity index is 900. The SMILES string of the molecule is CCSC(SCC)c1c(OC)cc(C)cc1OC.CCSC(c1c(O)cc(C)cc1OC)C1CC1. The zero-order valence-electron chi connectivity index (χ0n) is 22.5. The third kappa shape index (κ3) is 8.36. The normalized spacial score (nSPS) is 13.7. The van der Waals surface area contributed by atoms with Crippen LogP contribution in [-0.2, 0) is 0 Å². The zero-order chi connectivity index (χ0) is 26.0. The maximum Gasteiger partial charge on any atom is 0.128 e. The molecule has 0 saturated heterocycles. The van der Waals surface area contributed by atoms with Gasteiger partial charge in [-0.25, -0.2) is 0 Å². The lowest BCUT2D eigenvalue weighted by molar-refractivity contribution is 0.387. The van der Waals surface area contributed by atoms with E-state index in [2.05, 4.69) is 39.8 Å². The summed E-state index contributed by atoms with van der Waals surface area (Å²) >= 11 is 5.75. The minimum absolute atomic E-state index is 0.366. The summed E-state index contributed by atoms with van der Waals surface area (Å²) in [5.41, 5.74) is 4.37. The lowest BCUT2D eigenvalue weighted by Crippen LogP contribution is -2.02. The Morgan fingerprint density at radius 3 is 1.57 bits per heavy atom. The molecule has 3 rings (SSSR count). The van der Waals surface area contributed by atoms with E-state index in [0.29, 0.717) is 21.5 Å². The highest BCUT2D eigenvalue weighted by atomic mass is 32.2. The van der Waals surface area contributed by atoms with Crippen molar-refractivity contribution in [3.63, 3.8) is 0 Å². The van der Waals surface area contributed by atoms with Crippen LogP contribution in [-0.4, -0.2) is 43.7 Å². The highest BCUT2D eigenvalue weighted by Gasteiger charge is 2.35. The molecule has 35 heavy (non-hydrogen) atoms. The summed E-state index contributed by atoms with van der Waals surface area (Å²) in [4.78, 5) is 0. The van der Waals surface area contributed by atoms with Crippen LogP contribution < -0.4 is 14.2 Å². The Hall–Kier alpha value is -1.31. The first-order chi connectivity index (χ1) is 16.8. The smallest absolute Gasteiger partial charge is 0.128 e. The van der Waals surface area contributed by atoms with E-state index in [4.69, 9.17) is 14.2 Å². The minimum Gasteiger partial charge on any atom is -0.507 e. The first-order valence-electron chi connectivity index (χ1n) is 12.3. The molecular formula is C28H42O4S3. The summed E-state index contributed by atoms with van der Waals surface area (Å²) in [7, 11) is 5.13. The third-order valence-electron chi connectivity index (χ3n) is 5.73. The van der Waals surface area contributed by atoms with Gasteiger partial charge in [-0.3, -0.25) is 0 Å². The van der Waals surface area contributed by atoms with E-state index in [1.54, 1.807) is 21.3 Å². The molecule has 0 radical (unpaired) electrons. The highest BCUT2D eigenvalue weighted by molar-refractivity contribution is 8.16. The Balaban J connectivity index is 0.000000247. The second-order valence-electron chi connectivity index (χ2n) is 8.44. The molecule has 0 aliphatic heterocycles. The first-order valence-corrected chi connectivity index (χ1v) is 15.4. The zero-order valence-corrected chi connectivity index (χ0v) is 24.9. The van der Waals surface area contributed by atoms with Crippen LogP contribution in [0.3, 0.4) is 0 Å². The van der Waals surface area contributed by atoms with Gasteiger partial charge in [-0.2, -0.15) is 11.8 Å². The summed E-state index contributed by atoms with van der Waals surface area (Å²) in [5.74, 6) is 7.02. The number of hydrogen-bond acceptors (Lipinski definition) is 7. The van der Waals surface area contributed by atoms with Crippen LogP contribution >= 0.6 is 35.3 Å². The van der Waals surface area contributed by atoms with Gasteiger partial charge in [-0.1, -0.05) is 20.8 Å². The van der Waals surface area contributed by atoms with Gasteiger partial charge in [0.2, 0.25) is 0 Å². The molecule has 1 N–H and O–H groups in total. The fraction of sp³-hybridized carbons (Fsp3) is 0.571. The van der Waals surface area contributed by atoms with Crippen molar-refractivity contribution in [2.24, 2.45) is 5.92 Å². The Morgan fingerprint density at radius 2 is 1.17 bits per heavy atom. The lowest BCUT2D eigenvalue weighted by Gasteiger charge is -2.21. The van der Waals surface area contributed by atoms with E-state index < -0.39 is 0 Å². The van der Waals surface area contributed by atoms with Gasteiger partial charge in [0, 0.05) is 10.8 Å². The number of methoxy groups -OCH3 is 3. The van der Waals surface area contributed by atoms with E-state index in [1.807, 2.05) is 54.3 Å². The molecule has 1 atom stereocenters. The summed E-state index contributed by atoms with van der Waals surface area (Å²) < 4.78 is 16.9. The molecule has 7 heteroatoms. The quantitative estimate of drug-likeness (QED) is 0.272. The molecule has 0 amide bonds. The second kappa shape index (κ2) is 15.1. The molecule has 1 fully saturated rings. The number of aryl methyl sites for hydroxylation is 2. The topological polar surface area (TPSA) is 47.9 Å². The largest absolute Gasteiger partial charge is 0.507 e. The maximum atomic E-state index is 10.2. The molecule has 0 bridgehead atoms. The van der Waals surface area contributed by atoms with Gasteiger partial charge in [-0.15, -0.1) is 23.5 Å². The van der Waals surface area contributed by atoms with Crippen molar-refractivity contribution < 1.29 is 19.3 Å². The number of phenolic OH excluding ortho intramolecular Hbond substituents is 1. The van der Waals surface area contributed by atoms with E-state index in [0.717, 1.165) is 51.2 Å². The summed E-state index contributed by atoms with van der Waals surface area (Å²) in [6.07, 6.45) is 2.54. The predicted molar refractivity (Wildman–Crippen MR) is 156 cm³/mol. The monoisotopic (exact) mass is 538 g/mol. The van der Waals surface area contributed by atoms with Crippen molar-refractivity contribution in [2.75, 3.05) is 38.6 Å². The van der Waals surface area contributed by atoms with Crippen molar-refractivity contribution in [2.45, 2.75) is 57.3 Å². The summed E-state index contributed by atoms with van der Waals surface area (Å²) in [6, 6.07) is 8.01. The average Bonchev–Trinajstić information content (AvgIpc) is 3.67. The highest BCUT2D eigenvalue weighted by Crippen LogP contribution is 2.53. The molecule has 196 valence electrons. The number of benzene rings is 2. The van der Waals surface area contributed by atoms with Gasteiger partial charge >= 0.3 is 0 Å². The molecule has 2 aromatic carbocycles. The molecule has 1 saturated carbocycles. The second-order valence-corrected chi connectivity index (χ2v) is 12.9. The van der Waals surface area contributed by atoms with Gasteiger partial charge in [0.1, 0.15) is 23.0 Å². The Morgan fingerprint density at radius 1 is 0.743 bits per heavy atom. The lowest BCUT2D eigenvalue weighted by atomic mass is 10.0. The molecule has 0 aromatic heterocycles. The summed E-state index contributed by atoms with van der Waals surface area (Å²) in [5, 5.41) is 10.6. The van der Waals surface area contributed by atoms with Gasteiger partial charge < -0.3 is 19.3 Å². The molecule has 1 unspecified atom stereocenters. The van der Waals surface area contributed by atoms with Crippen LogP contribution in [0, 0.1) is 19.8 Å². The fourth-order valence-corrected chi connectivity index (χ4v) is 7.97. The molecule has 2 aromatic rings. The van der Waals surface area contributed by atoms with E-state index in [9.17, 15) is 5.11 Å². The van der Waals surface area contributed by atoms with Crippen LogP contribution in [0.5, 0.6) is 23.0 Å². The maximum absolute atomic E-state index is 10.2. The van der Waals surface area contributed by atoms with Gasteiger partial charge in [0.05, 0.1) is 31.5 Å². The number of hydrogen-bond donors (Lipinski definition) is 1. The molecule has 4 nitrogen and oxygen atoms in total. The number of aromatic hydroxyl groups is 1. The van der Waals surface area contributed by atoms with Crippen molar-refractivity contribution >= 4 is 35.3 Å². The van der Waals surface area contributed by atoms with E-state index >= 15 is 0 Å². The van der Waals surface area contributed by atoms with Crippen molar-refractivity contribution in [3.05, 3.63) is 46.5 Å². The van der Waals surface area contributed by atoms with Crippen molar-refractivity contribution in [3.8, 4) is 23.0 Å². The van der Waals surface area contributed by atoms with E-state index in [-0.39, 0.29) is 0 Å². The average molecular weight is 539 g/mol. The molecular weight excluding hydrogens is 497 g/mol. The van der Waals surface area contributed by atoms with E-state index in [1.165, 1.54) is 18.4 Å². The van der Waals surface area contributed by atoms with Crippen LogP contribution in [0.1, 0.15) is 65.7 Å².